The fourth-order valence-electron chi connectivity index (χ4n) is 4.99. The predicted octanol–water partition coefficient (Wildman–Crippen LogP) is 6.81. The average molecular weight is 438 g/mol. The number of nitrogens with zero attached hydrogens (tertiary/aromatic N) is 1. The Balaban J connectivity index is 1.43. The monoisotopic (exact) mass is 437 g/mol. The van der Waals surface area contributed by atoms with Crippen molar-refractivity contribution in [1.29, 1.82) is 0 Å². The third-order valence-electron chi connectivity index (χ3n) is 6.78. The summed E-state index contributed by atoms with van der Waals surface area (Å²) < 4.78 is 6.53. The van der Waals surface area contributed by atoms with Gasteiger partial charge in [-0.1, -0.05) is 73.7 Å². The molecule has 0 spiro atoms. The zero-order valence-corrected chi connectivity index (χ0v) is 19.4. The number of likely N-dealkylation sites (tertiary alicyclic amines) is 1. The lowest BCUT2D eigenvalue weighted by molar-refractivity contribution is 0.260. The van der Waals surface area contributed by atoms with Gasteiger partial charge in [0.25, 0.3) is 0 Å². The van der Waals surface area contributed by atoms with Gasteiger partial charge in [-0.15, -0.1) is 0 Å². The molecule has 2 aliphatic rings. The summed E-state index contributed by atoms with van der Waals surface area (Å²) in [5, 5.41) is 10.1. The van der Waals surface area contributed by atoms with Gasteiger partial charge in [0.15, 0.2) is 0 Å². The highest BCUT2D eigenvalue weighted by atomic mass is 16.5. The summed E-state index contributed by atoms with van der Waals surface area (Å²) in [6.07, 6.45) is 5.55. The van der Waals surface area contributed by atoms with Crippen molar-refractivity contribution in [2.45, 2.75) is 26.4 Å². The summed E-state index contributed by atoms with van der Waals surface area (Å²) >= 11 is 0. The number of ether oxygens (including phenoxy) is 1. The van der Waals surface area contributed by atoms with Crippen molar-refractivity contribution in [2.24, 2.45) is 5.92 Å². The second-order valence-corrected chi connectivity index (χ2v) is 9.31. The van der Waals surface area contributed by atoms with Gasteiger partial charge in [-0.05, 0) is 66.3 Å². The van der Waals surface area contributed by atoms with Crippen LogP contribution in [0.2, 0.25) is 0 Å². The van der Waals surface area contributed by atoms with Crippen LogP contribution in [0, 0.1) is 5.92 Å². The van der Waals surface area contributed by atoms with Crippen LogP contribution in [0.25, 0.3) is 17.2 Å². The molecule has 1 N–H and O–H groups in total. The van der Waals surface area contributed by atoms with Gasteiger partial charge in [-0.25, -0.2) is 0 Å². The fourth-order valence-corrected chi connectivity index (χ4v) is 4.99. The van der Waals surface area contributed by atoms with Crippen molar-refractivity contribution in [3.8, 4) is 11.5 Å². The van der Waals surface area contributed by atoms with Gasteiger partial charge in [0.05, 0.1) is 0 Å². The SMILES string of the molecule is CC1=C(c2cccc(O)c2)C(c2ccc(/C=C\CN3CC[C@@H](C)C3)cc2)Oc2ccccc21. The smallest absolute Gasteiger partial charge is 0.150 e. The molecule has 2 heterocycles. The van der Waals surface area contributed by atoms with E-state index >= 15 is 0 Å². The Bertz CT molecular complexity index is 1190. The third-order valence-corrected chi connectivity index (χ3v) is 6.78. The molecule has 0 bridgehead atoms. The largest absolute Gasteiger partial charge is 0.508 e. The van der Waals surface area contributed by atoms with Crippen molar-refractivity contribution in [3.05, 3.63) is 101 Å². The molecule has 1 unspecified atom stereocenters. The summed E-state index contributed by atoms with van der Waals surface area (Å²) in [6.45, 7) is 7.89. The maximum atomic E-state index is 10.1. The first-order chi connectivity index (χ1) is 16.1. The van der Waals surface area contributed by atoms with Crippen molar-refractivity contribution >= 4 is 17.2 Å². The number of rotatable bonds is 5. The molecule has 3 heteroatoms. The number of para-hydroxylation sites is 1. The van der Waals surface area contributed by atoms with Gasteiger partial charge in [0.1, 0.15) is 17.6 Å². The van der Waals surface area contributed by atoms with Crippen molar-refractivity contribution in [2.75, 3.05) is 19.6 Å². The topological polar surface area (TPSA) is 32.7 Å². The summed E-state index contributed by atoms with van der Waals surface area (Å²) in [6, 6.07) is 24.3. The lowest BCUT2D eigenvalue weighted by Crippen LogP contribution is -2.19. The van der Waals surface area contributed by atoms with E-state index in [1.807, 2.05) is 36.4 Å². The Morgan fingerprint density at radius 3 is 2.61 bits per heavy atom. The number of aromatic hydroxyl groups is 1. The van der Waals surface area contributed by atoms with E-state index in [9.17, 15) is 5.11 Å². The summed E-state index contributed by atoms with van der Waals surface area (Å²) in [7, 11) is 0. The highest BCUT2D eigenvalue weighted by Crippen LogP contribution is 2.46. The van der Waals surface area contributed by atoms with E-state index < -0.39 is 0 Å². The Labute approximate surface area is 196 Å². The van der Waals surface area contributed by atoms with Gasteiger partial charge < -0.3 is 9.84 Å². The molecule has 2 atom stereocenters. The van der Waals surface area contributed by atoms with Crippen LogP contribution < -0.4 is 4.74 Å². The van der Waals surface area contributed by atoms with Crippen LogP contribution in [-0.2, 0) is 0 Å². The molecule has 3 aromatic carbocycles. The average Bonchev–Trinajstić information content (AvgIpc) is 3.24. The number of hydrogen-bond acceptors (Lipinski definition) is 3. The number of hydrogen-bond donors (Lipinski definition) is 1. The van der Waals surface area contributed by atoms with E-state index in [1.165, 1.54) is 30.6 Å². The molecule has 3 aromatic rings. The lowest BCUT2D eigenvalue weighted by atomic mass is 9.86. The number of allylic oxidation sites excluding steroid dienone is 1. The Morgan fingerprint density at radius 1 is 1.03 bits per heavy atom. The van der Waals surface area contributed by atoms with E-state index in [0.29, 0.717) is 0 Å². The number of fused-ring (bicyclic) bond motifs is 1. The molecule has 0 aliphatic carbocycles. The Morgan fingerprint density at radius 2 is 1.85 bits per heavy atom. The summed E-state index contributed by atoms with van der Waals surface area (Å²) in [4.78, 5) is 2.51. The molecule has 0 amide bonds. The fraction of sp³-hybridized carbons (Fsp3) is 0.267. The van der Waals surface area contributed by atoms with Crippen LogP contribution in [0.5, 0.6) is 11.5 Å². The number of phenolic OH excluding ortho intramolecular Hbond substituents is 1. The lowest BCUT2D eigenvalue weighted by Gasteiger charge is -2.31. The predicted molar refractivity (Wildman–Crippen MR) is 136 cm³/mol. The molecule has 1 fully saturated rings. The molecule has 3 nitrogen and oxygen atoms in total. The van der Waals surface area contributed by atoms with Crippen LogP contribution in [0.4, 0.5) is 0 Å². The van der Waals surface area contributed by atoms with E-state index in [-0.39, 0.29) is 11.9 Å². The Hall–Kier alpha value is -3.30. The molecule has 2 aliphatic heterocycles. The van der Waals surface area contributed by atoms with E-state index in [4.69, 9.17) is 4.74 Å². The van der Waals surface area contributed by atoms with Crippen molar-refractivity contribution in [3.63, 3.8) is 0 Å². The number of phenols is 1. The minimum absolute atomic E-state index is 0.231. The molecular formula is C30H31NO2. The van der Waals surface area contributed by atoms with Gasteiger partial charge in [-0.3, -0.25) is 4.90 Å². The van der Waals surface area contributed by atoms with E-state index in [1.54, 1.807) is 6.07 Å². The Kier molecular flexibility index (Phi) is 6.06. The molecular weight excluding hydrogens is 406 g/mol. The second kappa shape index (κ2) is 9.29. The molecule has 0 saturated carbocycles. The summed E-state index contributed by atoms with van der Waals surface area (Å²) in [5.74, 6) is 1.97. The van der Waals surface area contributed by atoms with Gasteiger partial charge in [0.2, 0.25) is 0 Å². The molecule has 168 valence electrons. The molecule has 5 rings (SSSR count). The molecule has 0 radical (unpaired) electrons. The molecule has 33 heavy (non-hydrogen) atoms. The summed E-state index contributed by atoms with van der Waals surface area (Å²) in [5.41, 5.74) is 6.65. The van der Waals surface area contributed by atoms with E-state index in [0.717, 1.165) is 40.5 Å². The quantitative estimate of drug-likeness (QED) is 0.476. The maximum Gasteiger partial charge on any atom is 0.150 e. The van der Waals surface area contributed by atoms with Crippen LogP contribution >= 0.6 is 0 Å². The molecule has 1 saturated heterocycles. The van der Waals surface area contributed by atoms with Crippen molar-refractivity contribution < 1.29 is 9.84 Å². The maximum absolute atomic E-state index is 10.1. The third kappa shape index (κ3) is 4.60. The van der Waals surface area contributed by atoms with Gasteiger partial charge >= 0.3 is 0 Å². The van der Waals surface area contributed by atoms with E-state index in [2.05, 4.69) is 61.2 Å². The van der Waals surface area contributed by atoms with Crippen molar-refractivity contribution in [1.82, 2.24) is 4.90 Å². The van der Waals surface area contributed by atoms with Crippen LogP contribution in [-0.4, -0.2) is 29.6 Å². The standard InChI is InChI=1S/C30H31NO2/c1-21-16-18-31(20-21)17-6-7-23-12-14-24(15-13-23)30-29(25-8-5-9-26(32)19-25)22(2)27-10-3-4-11-28(27)33-30/h3-15,19,21,30,32H,16-18,20H2,1-2H3/b7-6-/t21-,30?/m1/s1. The van der Waals surface area contributed by atoms with Crippen LogP contribution in [0.3, 0.4) is 0 Å². The van der Waals surface area contributed by atoms with Gasteiger partial charge in [0, 0.05) is 24.2 Å². The number of benzene rings is 3. The first kappa shape index (κ1) is 21.5. The first-order valence-corrected chi connectivity index (χ1v) is 11.8. The molecule has 0 aromatic heterocycles. The zero-order valence-electron chi connectivity index (χ0n) is 19.4. The zero-order chi connectivity index (χ0) is 22.8. The minimum Gasteiger partial charge on any atom is -0.508 e. The minimum atomic E-state index is -0.231. The normalized spacial score (nSPS) is 20.8. The second-order valence-electron chi connectivity index (χ2n) is 9.31. The van der Waals surface area contributed by atoms with Gasteiger partial charge in [-0.2, -0.15) is 0 Å². The highest BCUT2D eigenvalue weighted by Gasteiger charge is 2.29. The highest BCUT2D eigenvalue weighted by molar-refractivity contribution is 5.95. The first-order valence-electron chi connectivity index (χ1n) is 11.8. The van der Waals surface area contributed by atoms with Crippen LogP contribution in [0.1, 0.15) is 48.6 Å². The van der Waals surface area contributed by atoms with Crippen LogP contribution in [0.15, 0.2) is 78.9 Å².